The van der Waals surface area contributed by atoms with Crippen LogP contribution in [0.1, 0.15) is 25.7 Å². The van der Waals surface area contributed by atoms with E-state index in [-0.39, 0.29) is 11.8 Å². The van der Waals surface area contributed by atoms with E-state index in [0.29, 0.717) is 25.0 Å². The van der Waals surface area contributed by atoms with E-state index in [4.69, 9.17) is 10.5 Å². The molecule has 0 radical (unpaired) electrons. The highest BCUT2D eigenvalue weighted by Crippen LogP contribution is 2.26. The van der Waals surface area contributed by atoms with Crippen molar-refractivity contribution in [1.82, 2.24) is 20.2 Å². The van der Waals surface area contributed by atoms with Gasteiger partial charge in [-0.15, -0.1) is 0 Å². The first kappa shape index (κ1) is 18.8. The number of nitrogens with one attached hydrogen (secondary N) is 1. The average molecular weight is 362 g/mol. The Labute approximate surface area is 155 Å². The molecule has 2 aliphatic rings. The first-order chi connectivity index (χ1) is 12.7. The van der Waals surface area contributed by atoms with E-state index in [9.17, 15) is 4.79 Å². The fourth-order valence-electron chi connectivity index (χ4n) is 3.97. The lowest BCUT2D eigenvalue weighted by Crippen LogP contribution is -2.51. The van der Waals surface area contributed by atoms with Crippen molar-refractivity contribution in [2.75, 3.05) is 57.1 Å². The Morgan fingerprint density at radius 1 is 1.31 bits per heavy atom. The third-order valence-corrected chi connectivity index (χ3v) is 5.41. The summed E-state index contributed by atoms with van der Waals surface area (Å²) in [7, 11) is 1.65. The number of carbonyl (C=O) groups is 1. The number of rotatable bonds is 6. The third-order valence-electron chi connectivity index (χ3n) is 5.41. The van der Waals surface area contributed by atoms with E-state index < -0.39 is 0 Å². The number of nitrogens with two attached hydrogens (primary N) is 1. The van der Waals surface area contributed by atoms with Crippen molar-refractivity contribution in [2.24, 2.45) is 5.92 Å². The summed E-state index contributed by atoms with van der Waals surface area (Å²) in [6.07, 6.45) is 5.76. The summed E-state index contributed by atoms with van der Waals surface area (Å²) in [5.74, 6) is 1.68. The standard InChI is InChI=1S/C18H30N6O2/c1-26-10-6-20-18(25)14-3-2-7-24(12-14)15-4-8-23(9-5-15)17-11-16(19)21-13-22-17/h11,13-15H,2-10,12H2,1H3,(H,20,25)(H2,19,21,22)/t14-/m0/s1. The van der Waals surface area contributed by atoms with Crippen LogP contribution in [0.3, 0.4) is 0 Å². The first-order valence-corrected chi connectivity index (χ1v) is 9.50. The molecule has 1 atom stereocenters. The fraction of sp³-hybridized carbons (Fsp3) is 0.722. The highest BCUT2D eigenvalue weighted by molar-refractivity contribution is 5.78. The number of ether oxygens (including phenoxy) is 1. The highest BCUT2D eigenvalue weighted by atomic mass is 16.5. The van der Waals surface area contributed by atoms with Crippen LogP contribution in [0, 0.1) is 5.92 Å². The molecule has 0 spiro atoms. The molecule has 2 saturated heterocycles. The Morgan fingerprint density at radius 2 is 2.12 bits per heavy atom. The van der Waals surface area contributed by atoms with Crippen molar-refractivity contribution >= 4 is 17.5 Å². The zero-order chi connectivity index (χ0) is 18.4. The molecule has 0 saturated carbocycles. The van der Waals surface area contributed by atoms with Gasteiger partial charge in [-0.25, -0.2) is 9.97 Å². The van der Waals surface area contributed by atoms with Crippen LogP contribution in [0.4, 0.5) is 11.6 Å². The molecule has 8 nitrogen and oxygen atoms in total. The van der Waals surface area contributed by atoms with Crippen molar-refractivity contribution < 1.29 is 9.53 Å². The molecule has 144 valence electrons. The van der Waals surface area contributed by atoms with Gasteiger partial charge >= 0.3 is 0 Å². The molecule has 2 fully saturated rings. The molecule has 1 aromatic rings. The maximum absolute atomic E-state index is 12.3. The van der Waals surface area contributed by atoms with Gasteiger partial charge in [0.2, 0.25) is 5.91 Å². The van der Waals surface area contributed by atoms with E-state index in [1.807, 2.05) is 6.07 Å². The average Bonchev–Trinajstić information content (AvgIpc) is 2.68. The number of nitrogens with zero attached hydrogens (tertiary/aromatic N) is 4. The Hall–Kier alpha value is -1.93. The number of piperidine rings is 2. The molecule has 3 heterocycles. The smallest absolute Gasteiger partial charge is 0.224 e. The zero-order valence-electron chi connectivity index (χ0n) is 15.6. The molecule has 2 aliphatic heterocycles. The number of methoxy groups -OCH3 is 1. The molecule has 1 aromatic heterocycles. The normalized spacial score (nSPS) is 22.3. The second-order valence-electron chi connectivity index (χ2n) is 7.14. The number of amides is 1. The number of hydrogen-bond donors (Lipinski definition) is 2. The van der Waals surface area contributed by atoms with Crippen LogP contribution in [0.25, 0.3) is 0 Å². The largest absolute Gasteiger partial charge is 0.384 e. The third kappa shape index (κ3) is 4.82. The van der Waals surface area contributed by atoms with Gasteiger partial charge in [0, 0.05) is 45.4 Å². The lowest BCUT2D eigenvalue weighted by molar-refractivity contribution is -0.127. The molecular weight excluding hydrogens is 332 g/mol. The van der Waals surface area contributed by atoms with Gasteiger partial charge in [-0.05, 0) is 32.2 Å². The van der Waals surface area contributed by atoms with Crippen LogP contribution in [0.15, 0.2) is 12.4 Å². The van der Waals surface area contributed by atoms with Crippen LogP contribution >= 0.6 is 0 Å². The van der Waals surface area contributed by atoms with Crippen LogP contribution in [0.2, 0.25) is 0 Å². The number of carbonyl (C=O) groups excluding carboxylic acids is 1. The fourth-order valence-corrected chi connectivity index (χ4v) is 3.97. The van der Waals surface area contributed by atoms with Gasteiger partial charge < -0.3 is 20.7 Å². The predicted molar refractivity (Wildman–Crippen MR) is 101 cm³/mol. The maximum Gasteiger partial charge on any atom is 0.224 e. The van der Waals surface area contributed by atoms with Crippen LogP contribution < -0.4 is 16.0 Å². The minimum atomic E-state index is 0.0975. The van der Waals surface area contributed by atoms with Crippen LogP contribution in [-0.4, -0.2) is 73.3 Å². The molecule has 0 aliphatic carbocycles. The second kappa shape index (κ2) is 9.14. The summed E-state index contributed by atoms with van der Waals surface area (Å²) in [6, 6.07) is 2.38. The number of nitrogen functional groups attached to an aromatic ring is 1. The Morgan fingerprint density at radius 3 is 2.85 bits per heavy atom. The molecule has 0 aromatic carbocycles. The van der Waals surface area contributed by atoms with Crippen molar-refractivity contribution in [2.45, 2.75) is 31.7 Å². The summed E-state index contributed by atoms with van der Waals surface area (Å²) >= 11 is 0. The van der Waals surface area contributed by atoms with Crippen molar-refractivity contribution in [3.63, 3.8) is 0 Å². The molecule has 0 bridgehead atoms. The quantitative estimate of drug-likeness (QED) is 0.712. The van der Waals surface area contributed by atoms with E-state index in [1.165, 1.54) is 6.33 Å². The minimum absolute atomic E-state index is 0.0975. The number of hydrogen-bond acceptors (Lipinski definition) is 7. The van der Waals surface area contributed by atoms with Gasteiger partial charge in [0.05, 0.1) is 12.5 Å². The Kier molecular flexibility index (Phi) is 6.62. The number of aromatic nitrogens is 2. The zero-order valence-corrected chi connectivity index (χ0v) is 15.6. The predicted octanol–water partition coefficient (Wildman–Crippen LogP) is 0.502. The van der Waals surface area contributed by atoms with E-state index in [2.05, 4.69) is 25.1 Å². The topological polar surface area (TPSA) is 96.6 Å². The molecular formula is C18H30N6O2. The van der Waals surface area contributed by atoms with Gasteiger partial charge in [-0.1, -0.05) is 0 Å². The summed E-state index contributed by atoms with van der Waals surface area (Å²) in [5.41, 5.74) is 5.76. The molecule has 8 heteroatoms. The maximum atomic E-state index is 12.3. The molecule has 3 rings (SSSR count). The summed E-state index contributed by atoms with van der Waals surface area (Å²) in [6.45, 7) is 5.03. The SMILES string of the molecule is COCCNC(=O)[C@H]1CCCN(C2CCN(c3cc(N)ncn3)CC2)C1. The molecule has 0 unspecified atom stereocenters. The van der Waals surface area contributed by atoms with Crippen LogP contribution in [-0.2, 0) is 9.53 Å². The van der Waals surface area contributed by atoms with Gasteiger partial charge in [0.1, 0.15) is 18.0 Å². The first-order valence-electron chi connectivity index (χ1n) is 9.50. The van der Waals surface area contributed by atoms with Crippen molar-refractivity contribution in [3.05, 3.63) is 12.4 Å². The second-order valence-corrected chi connectivity index (χ2v) is 7.14. The molecule has 1 amide bonds. The van der Waals surface area contributed by atoms with Crippen molar-refractivity contribution in [3.8, 4) is 0 Å². The van der Waals surface area contributed by atoms with Gasteiger partial charge in [-0.3, -0.25) is 9.69 Å². The Balaban J connectivity index is 1.48. The van der Waals surface area contributed by atoms with Gasteiger partial charge in [0.25, 0.3) is 0 Å². The van der Waals surface area contributed by atoms with Crippen LogP contribution in [0.5, 0.6) is 0 Å². The molecule has 3 N–H and O–H groups in total. The van der Waals surface area contributed by atoms with E-state index >= 15 is 0 Å². The Bertz CT molecular complexity index is 591. The lowest BCUT2D eigenvalue weighted by atomic mass is 9.93. The molecule has 26 heavy (non-hydrogen) atoms. The monoisotopic (exact) mass is 362 g/mol. The van der Waals surface area contributed by atoms with Gasteiger partial charge in [0.15, 0.2) is 0 Å². The van der Waals surface area contributed by atoms with E-state index in [1.54, 1.807) is 7.11 Å². The lowest BCUT2D eigenvalue weighted by Gasteiger charge is -2.42. The summed E-state index contributed by atoms with van der Waals surface area (Å²) in [4.78, 5) is 25.4. The number of likely N-dealkylation sites (tertiary alicyclic amines) is 1. The summed E-state index contributed by atoms with van der Waals surface area (Å²) < 4.78 is 5.00. The highest BCUT2D eigenvalue weighted by Gasteiger charge is 2.31. The number of anilines is 2. The minimum Gasteiger partial charge on any atom is -0.384 e. The van der Waals surface area contributed by atoms with Crippen molar-refractivity contribution in [1.29, 1.82) is 0 Å². The van der Waals surface area contributed by atoms with Gasteiger partial charge in [-0.2, -0.15) is 0 Å². The summed E-state index contributed by atoms with van der Waals surface area (Å²) in [5, 5.41) is 2.99. The van der Waals surface area contributed by atoms with E-state index in [0.717, 1.165) is 57.7 Å².